The second-order valence-electron chi connectivity index (χ2n) is 12.5. The van der Waals surface area contributed by atoms with Crippen molar-refractivity contribution in [3.8, 4) is 12.1 Å². The van der Waals surface area contributed by atoms with Gasteiger partial charge in [-0.15, -0.1) is 0 Å². The van der Waals surface area contributed by atoms with Gasteiger partial charge in [-0.1, -0.05) is 35.9 Å². The molecular weight excluding hydrogens is 578 g/mol. The average molecular weight is 618 g/mol. The third kappa shape index (κ3) is 5.68. The minimum atomic E-state index is -0.715. The van der Waals surface area contributed by atoms with Crippen LogP contribution in [0.2, 0.25) is 5.02 Å². The van der Waals surface area contributed by atoms with Crippen molar-refractivity contribution in [2.75, 3.05) is 56.2 Å². The quantitative estimate of drug-likeness (QED) is 0.375. The molecule has 0 radical (unpaired) electrons. The molecule has 1 unspecified atom stereocenters. The van der Waals surface area contributed by atoms with E-state index in [1.54, 1.807) is 0 Å². The minimum Gasteiger partial charge on any atom is -0.462 e. The fraction of sp³-hybridized carbons (Fsp3) is 0.545. The van der Waals surface area contributed by atoms with E-state index in [1.165, 1.54) is 6.42 Å². The standard InChI is InChI=1S/C33H40ClN7O3/c1-21-30(44-21)32(42)41-17-16-40(18-23(41)11-13-35)31-25-12-15-39(28-10-4-7-22-6-3-9-26(34)29(22)28)19-27(25)36-33(37-31)43-20-24-8-5-14-38(24)2/h3-4,6-7,9-10,21,23-24,30,32,42H,5,8,11-12,14-20H2,1-2H3/t21-,23+,24+,30-,32?/m1/s1. The number of hydrogen-bond donors (Lipinski definition) is 1. The lowest BCUT2D eigenvalue weighted by atomic mass is 10.0. The number of piperazine rings is 1. The van der Waals surface area contributed by atoms with E-state index in [4.69, 9.17) is 31.0 Å². The number of likely N-dealkylation sites (tertiary alicyclic amines) is 1. The molecule has 11 heteroatoms. The maximum atomic E-state index is 11.0. The summed E-state index contributed by atoms with van der Waals surface area (Å²) in [5.74, 6) is 0.883. The van der Waals surface area contributed by atoms with Crippen molar-refractivity contribution in [3.63, 3.8) is 0 Å². The molecule has 0 bridgehead atoms. The Labute approximate surface area is 263 Å². The maximum absolute atomic E-state index is 11.0. The fourth-order valence-electron chi connectivity index (χ4n) is 7.22. The number of likely N-dealkylation sites (N-methyl/N-ethyl adjacent to an activating group) is 1. The van der Waals surface area contributed by atoms with Gasteiger partial charge in [-0.05, 0) is 57.3 Å². The third-order valence-electron chi connectivity index (χ3n) is 9.82. The van der Waals surface area contributed by atoms with Crippen molar-refractivity contribution in [1.29, 1.82) is 5.26 Å². The second kappa shape index (κ2) is 12.3. The van der Waals surface area contributed by atoms with Crippen LogP contribution in [0.3, 0.4) is 0 Å². The Kier molecular flexibility index (Phi) is 8.25. The lowest BCUT2D eigenvalue weighted by Crippen LogP contribution is -2.58. The van der Waals surface area contributed by atoms with Crippen molar-refractivity contribution in [2.45, 2.75) is 69.7 Å². The highest BCUT2D eigenvalue weighted by Crippen LogP contribution is 2.38. The number of epoxide rings is 1. The normalized spacial score (nSPS) is 26.4. The smallest absolute Gasteiger partial charge is 0.318 e. The molecule has 3 saturated heterocycles. The number of benzene rings is 2. The Balaban J connectivity index is 1.20. The number of aliphatic hydroxyl groups is 1. The van der Waals surface area contributed by atoms with Crippen LogP contribution in [0.15, 0.2) is 36.4 Å². The SMILES string of the molecule is C[C@H]1O[C@H]1C(O)N1CCN(c2nc(OC[C@@H]3CCCN3C)nc3c2CCN(c2cccc4cccc(Cl)c24)C3)C[C@@H]1CC#N. The van der Waals surface area contributed by atoms with Crippen LogP contribution < -0.4 is 14.5 Å². The lowest BCUT2D eigenvalue weighted by molar-refractivity contribution is -0.0454. The molecule has 5 atom stereocenters. The molecule has 2 aromatic carbocycles. The lowest BCUT2D eigenvalue weighted by Gasteiger charge is -2.44. The number of aromatic nitrogens is 2. The van der Waals surface area contributed by atoms with Crippen LogP contribution >= 0.6 is 11.6 Å². The van der Waals surface area contributed by atoms with Gasteiger partial charge in [0.05, 0.1) is 35.9 Å². The van der Waals surface area contributed by atoms with Gasteiger partial charge in [0.15, 0.2) is 0 Å². The molecule has 44 heavy (non-hydrogen) atoms. The van der Waals surface area contributed by atoms with Gasteiger partial charge in [0.2, 0.25) is 0 Å². The van der Waals surface area contributed by atoms with Gasteiger partial charge in [0.25, 0.3) is 0 Å². The van der Waals surface area contributed by atoms with Crippen molar-refractivity contribution in [2.24, 2.45) is 0 Å². The Bertz CT molecular complexity index is 1560. The number of anilines is 2. The first-order valence-electron chi connectivity index (χ1n) is 15.8. The summed E-state index contributed by atoms with van der Waals surface area (Å²) in [6, 6.07) is 15.3. The highest BCUT2D eigenvalue weighted by Gasteiger charge is 2.46. The monoisotopic (exact) mass is 617 g/mol. The number of aliphatic hydroxyl groups excluding tert-OH is 1. The molecule has 3 aromatic rings. The highest BCUT2D eigenvalue weighted by atomic mass is 35.5. The first-order valence-corrected chi connectivity index (χ1v) is 16.1. The van der Waals surface area contributed by atoms with Crippen LogP contribution in [0.1, 0.15) is 37.4 Å². The van der Waals surface area contributed by atoms with Crippen LogP contribution in [-0.2, 0) is 17.7 Å². The minimum absolute atomic E-state index is 0.0397. The van der Waals surface area contributed by atoms with Gasteiger partial charge in [0, 0.05) is 54.9 Å². The Morgan fingerprint density at radius 2 is 1.93 bits per heavy atom. The Morgan fingerprint density at radius 3 is 2.68 bits per heavy atom. The van der Waals surface area contributed by atoms with E-state index in [-0.39, 0.29) is 18.2 Å². The van der Waals surface area contributed by atoms with E-state index in [1.807, 2.05) is 24.0 Å². The van der Waals surface area contributed by atoms with Crippen LogP contribution in [0.25, 0.3) is 10.8 Å². The molecule has 4 aliphatic heterocycles. The molecule has 0 saturated carbocycles. The molecule has 0 amide bonds. The van der Waals surface area contributed by atoms with Gasteiger partial charge in [0.1, 0.15) is 24.8 Å². The Hall–Kier alpha value is -3.20. The predicted molar refractivity (Wildman–Crippen MR) is 170 cm³/mol. The molecule has 10 nitrogen and oxygen atoms in total. The van der Waals surface area contributed by atoms with Gasteiger partial charge in [-0.2, -0.15) is 15.2 Å². The average Bonchev–Trinajstić information content (AvgIpc) is 3.63. The van der Waals surface area contributed by atoms with E-state index in [0.717, 1.165) is 64.5 Å². The van der Waals surface area contributed by atoms with E-state index in [2.05, 4.69) is 52.1 Å². The summed E-state index contributed by atoms with van der Waals surface area (Å²) >= 11 is 6.72. The third-order valence-corrected chi connectivity index (χ3v) is 10.1. The van der Waals surface area contributed by atoms with Gasteiger partial charge in [-0.3, -0.25) is 4.90 Å². The van der Waals surface area contributed by atoms with Crippen LogP contribution in [0.4, 0.5) is 11.5 Å². The number of nitriles is 1. The largest absolute Gasteiger partial charge is 0.462 e. The van der Waals surface area contributed by atoms with E-state index in [9.17, 15) is 10.4 Å². The van der Waals surface area contributed by atoms with Crippen LogP contribution in [-0.4, -0.2) is 102 Å². The predicted octanol–water partition coefficient (Wildman–Crippen LogP) is 3.83. The first kappa shape index (κ1) is 29.5. The zero-order valence-electron chi connectivity index (χ0n) is 25.4. The van der Waals surface area contributed by atoms with Crippen molar-refractivity contribution < 1.29 is 14.6 Å². The number of rotatable bonds is 8. The second-order valence-corrected chi connectivity index (χ2v) is 13.0. The topological polar surface area (TPSA) is 105 Å². The summed E-state index contributed by atoms with van der Waals surface area (Å²) in [7, 11) is 2.14. The summed E-state index contributed by atoms with van der Waals surface area (Å²) in [5, 5.41) is 23.6. The molecular formula is C33H40ClN7O3. The van der Waals surface area contributed by atoms with Crippen LogP contribution in [0, 0.1) is 11.3 Å². The molecule has 4 aliphatic rings. The highest BCUT2D eigenvalue weighted by molar-refractivity contribution is 6.36. The molecule has 1 aromatic heterocycles. The number of hydrogen-bond acceptors (Lipinski definition) is 10. The Morgan fingerprint density at radius 1 is 1.11 bits per heavy atom. The maximum Gasteiger partial charge on any atom is 0.318 e. The molecule has 0 spiro atoms. The molecule has 232 valence electrons. The molecule has 1 N–H and O–H groups in total. The number of halogens is 1. The molecule has 0 aliphatic carbocycles. The zero-order valence-corrected chi connectivity index (χ0v) is 26.2. The molecule has 3 fully saturated rings. The number of fused-ring (bicyclic) bond motifs is 2. The van der Waals surface area contributed by atoms with Gasteiger partial charge in [-0.25, -0.2) is 0 Å². The molecule has 5 heterocycles. The van der Waals surface area contributed by atoms with Gasteiger partial charge >= 0.3 is 6.01 Å². The zero-order chi connectivity index (χ0) is 30.4. The number of nitrogens with zero attached hydrogens (tertiary/aromatic N) is 7. The molecule has 7 rings (SSSR count). The van der Waals surface area contributed by atoms with Crippen molar-refractivity contribution in [1.82, 2.24) is 19.8 Å². The summed E-state index contributed by atoms with van der Waals surface area (Å²) in [6.07, 6.45) is 2.49. The first-order chi connectivity index (χ1) is 21.4. The summed E-state index contributed by atoms with van der Waals surface area (Å²) in [5.41, 5.74) is 3.18. The van der Waals surface area contributed by atoms with Gasteiger partial charge < -0.3 is 29.3 Å². The van der Waals surface area contributed by atoms with Crippen LogP contribution in [0.5, 0.6) is 6.01 Å². The van der Waals surface area contributed by atoms with Crippen molar-refractivity contribution >= 4 is 33.9 Å². The summed E-state index contributed by atoms with van der Waals surface area (Å²) in [6.45, 7) is 6.89. The van der Waals surface area contributed by atoms with E-state index >= 15 is 0 Å². The summed E-state index contributed by atoms with van der Waals surface area (Å²) < 4.78 is 11.9. The summed E-state index contributed by atoms with van der Waals surface area (Å²) in [4.78, 5) is 19.0. The fourth-order valence-corrected chi connectivity index (χ4v) is 7.50. The number of ether oxygens (including phenoxy) is 2. The van der Waals surface area contributed by atoms with E-state index < -0.39 is 6.23 Å². The van der Waals surface area contributed by atoms with Crippen molar-refractivity contribution in [3.05, 3.63) is 52.7 Å². The van der Waals surface area contributed by atoms with E-state index in [0.29, 0.717) is 51.3 Å².